The number of aromatic nitrogens is 1. The Bertz CT molecular complexity index is 454. The Hall–Kier alpha value is -2.23. The van der Waals surface area contributed by atoms with Crippen molar-refractivity contribution in [2.24, 2.45) is 0 Å². The average molecular weight is 213 g/mol. The van der Waals surface area contributed by atoms with Crippen molar-refractivity contribution in [1.29, 1.82) is 5.26 Å². The van der Waals surface area contributed by atoms with E-state index in [4.69, 9.17) is 16.1 Å². The van der Waals surface area contributed by atoms with Crippen LogP contribution in [-0.4, -0.2) is 16.1 Å². The van der Waals surface area contributed by atoms with Crippen LogP contribution in [0, 0.1) is 11.3 Å². The summed E-state index contributed by atoms with van der Waals surface area (Å²) in [6, 6.07) is 2.22. The highest BCUT2D eigenvalue weighted by molar-refractivity contribution is 5.94. The van der Waals surface area contributed by atoms with E-state index in [0.717, 1.165) is 0 Å². The molecule has 1 heterocycles. The fourth-order valence-corrected chi connectivity index (χ4v) is 1.05. The second-order valence-electron chi connectivity index (χ2n) is 2.57. The van der Waals surface area contributed by atoms with Crippen LogP contribution < -0.4 is 5.73 Å². The van der Waals surface area contributed by atoms with Gasteiger partial charge in [0.2, 0.25) is 0 Å². The molecule has 0 aliphatic rings. The average Bonchev–Trinajstić information content (AvgIpc) is 2.15. The van der Waals surface area contributed by atoms with Crippen LogP contribution in [-0.2, 0) is 0 Å². The van der Waals surface area contributed by atoms with Crippen LogP contribution in [0.25, 0.3) is 0 Å². The third-order valence-electron chi connectivity index (χ3n) is 1.64. The van der Waals surface area contributed by atoms with Crippen LogP contribution in [0.1, 0.15) is 28.0 Å². The second kappa shape index (κ2) is 3.88. The number of aromatic carboxylic acids is 1. The first-order chi connectivity index (χ1) is 6.97. The van der Waals surface area contributed by atoms with Gasteiger partial charge in [-0.15, -0.1) is 0 Å². The number of alkyl halides is 2. The van der Waals surface area contributed by atoms with Crippen molar-refractivity contribution in [3.05, 3.63) is 22.9 Å². The highest BCUT2D eigenvalue weighted by Gasteiger charge is 2.22. The largest absolute Gasteiger partial charge is 0.478 e. The van der Waals surface area contributed by atoms with Gasteiger partial charge in [-0.3, -0.25) is 0 Å². The lowest BCUT2D eigenvalue weighted by atomic mass is 10.1. The van der Waals surface area contributed by atoms with Gasteiger partial charge >= 0.3 is 5.97 Å². The first kappa shape index (κ1) is 10.8. The van der Waals surface area contributed by atoms with E-state index < -0.39 is 29.3 Å². The van der Waals surface area contributed by atoms with Crippen molar-refractivity contribution in [1.82, 2.24) is 4.98 Å². The summed E-state index contributed by atoms with van der Waals surface area (Å²) in [4.78, 5) is 14.0. The third-order valence-corrected chi connectivity index (χ3v) is 1.64. The summed E-state index contributed by atoms with van der Waals surface area (Å²) in [5, 5.41) is 17.1. The number of hydrogen-bond acceptors (Lipinski definition) is 4. The Morgan fingerprint density at radius 2 is 2.27 bits per heavy atom. The number of rotatable bonds is 2. The molecule has 1 aromatic heterocycles. The van der Waals surface area contributed by atoms with E-state index in [1.165, 1.54) is 6.07 Å². The molecule has 0 aliphatic heterocycles. The lowest BCUT2D eigenvalue weighted by Gasteiger charge is -2.07. The molecule has 0 fully saturated rings. The molecule has 0 aliphatic carbocycles. The van der Waals surface area contributed by atoms with Gasteiger partial charge in [-0.25, -0.2) is 18.6 Å². The number of nitrogen functional groups attached to an aromatic ring is 1. The van der Waals surface area contributed by atoms with Gasteiger partial charge in [0.05, 0.1) is 0 Å². The first-order valence-corrected chi connectivity index (χ1v) is 3.69. The molecule has 1 aromatic rings. The molecule has 3 N–H and O–H groups in total. The number of carboxylic acid groups (broad SMARTS) is 1. The number of halogens is 2. The van der Waals surface area contributed by atoms with Crippen LogP contribution in [0.2, 0.25) is 0 Å². The molecule has 1 rings (SSSR count). The van der Waals surface area contributed by atoms with Crippen LogP contribution in [0.4, 0.5) is 14.6 Å². The van der Waals surface area contributed by atoms with Crippen molar-refractivity contribution >= 4 is 11.8 Å². The zero-order valence-electron chi connectivity index (χ0n) is 7.24. The number of hydrogen-bond donors (Lipinski definition) is 2. The molecule has 0 spiro atoms. The van der Waals surface area contributed by atoms with Gasteiger partial charge in [0.15, 0.2) is 0 Å². The van der Waals surface area contributed by atoms with Crippen molar-refractivity contribution in [2.45, 2.75) is 6.43 Å². The number of pyridine rings is 1. The van der Waals surface area contributed by atoms with Gasteiger partial charge in [-0.05, 0) is 6.07 Å². The highest BCUT2D eigenvalue weighted by Crippen LogP contribution is 2.26. The van der Waals surface area contributed by atoms with Gasteiger partial charge in [-0.2, -0.15) is 5.26 Å². The summed E-state index contributed by atoms with van der Waals surface area (Å²) in [5.74, 6) is -2.18. The summed E-state index contributed by atoms with van der Waals surface area (Å²) >= 11 is 0. The monoisotopic (exact) mass is 213 g/mol. The van der Waals surface area contributed by atoms with E-state index in [-0.39, 0.29) is 5.69 Å². The first-order valence-electron chi connectivity index (χ1n) is 3.69. The number of carboxylic acids is 1. The quantitative estimate of drug-likeness (QED) is 0.767. The van der Waals surface area contributed by atoms with Crippen molar-refractivity contribution in [3.8, 4) is 6.07 Å². The van der Waals surface area contributed by atoms with Crippen LogP contribution in [0.3, 0.4) is 0 Å². The minimum atomic E-state index is -3.02. The molecule has 0 saturated heterocycles. The van der Waals surface area contributed by atoms with Gasteiger partial charge in [0.1, 0.15) is 23.1 Å². The maximum absolute atomic E-state index is 12.4. The van der Waals surface area contributed by atoms with Gasteiger partial charge in [0.25, 0.3) is 6.43 Å². The van der Waals surface area contributed by atoms with Gasteiger partial charge < -0.3 is 10.8 Å². The Labute approximate surface area is 82.8 Å². The fourth-order valence-electron chi connectivity index (χ4n) is 1.05. The summed E-state index contributed by atoms with van der Waals surface area (Å²) in [6.07, 6.45) is -3.02. The smallest absolute Gasteiger partial charge is 0.339 e. The fraction of sp³-hybridized carbons (Fsp3) is 0.125. The Morgan fingerprint density at radius 3 is 2.67 bits per heavy atom. The molecular weight excluding hydrogens is 208 g/mol. The molecule has 0 saturated carbocycles. The van der Waals surface area contributed by atoms with E-state index in [0.29, 0.717) is 6.07 Å². The molecule has 7 heteroatoms. The number of anilines is 1. The molecule has 0 aromatic carbocycles. The maximum atomic E-state index is 12.4. The summed E-state index contributed by atoms with van der Waals surface area (Å²) in [6.45, 7) is 0. The van der Waals surface area contributed by atoms with E-state index in [2.05, 4.69) is 4.98 Å². The molecule has 5 nitrogen and oxygen atoms in total. The van der Waals surface area contributed by atoms with E-state index >= 15 is 0 Å². The van der Waals surface area contributed by atoms with Crippen LogP contribution in [0.15, 0.2) is 6.07 Å². The molecule has 0 bridgehead atoms. The van der Waals surface area contributed by atoms with Gasteiger partial charge in [0, 0.05) is 5.56 Å². The standard InChI is InChI=1S/C8H5F2N3O2/c9-6(10)4-1-3(2-11)13-7(12)5(4)8(14)15/h1,6H,(H2,12,13)(H,14,15). The number of nitriles is 1. The predicted molar refractivity (Wildman–Crippen MR) is 45.3 cm³/mol. The van der Waals surface area contributed by atoms with Crippen LogP contribution in [0.5, 0.6) is 0 Å². The Kier molecular flexibility index (Phi) is 2.80. The Morgan fingerprint density at radius 1 is 1.67 bits per heavy atom. The lowest BCUT2D eigenvalue weighted by Crippen LogP contribution is -2.10. The summed E-state index contributed by atoms with van der Waals surface area (Å²) < 4.78 is 24.9. The predicted octanol–water partition coefficient (Wildman–Crippen LogP) is 1.17. The highest BCUT2D eigenvalue weighted by atomic mass is 19.3. The van der Waals surface area contributed by atoms with Crippen LogP contribution >= 0.6 is 0 Å². The van der Waals surface area contributed by atoms with Crippen molar-refractivity contribution in [2.75, 3.05) is 5.73 Å². The molecule has 15 heavy (non-hydrogen) atoms. The van der Waals surface area contributed by atoms with Gasteiger partial charge in [-0.1, -0.05) is 0 Å². The number of carbonyl (C=O) groups is 1. The third kappa shape index (κ3) is 1.99. The molecular formula is C8H5F2N3O2. The molecule has 0 radical (unpaired) electrons. The second-order valence-corrected chi connectivity index (χ2v) is 2.57. The van der Waals surface area contributed by atoms with Crippen molar-refractivity contribution < 1.29 is 18.7 Å². The van der Waals surface area contributed by atoms with Crippen molar-refractivity contribution in [3.63, 3.8) is 0 Å². The summed E-state index contributed by atoms with van der Waals surface area (Å²) in [7, 11) is 0. The lowest BCUT2D eigenvalue weighted by molar-refractivity contribution is 0.0685. The molecule has 78 valence electrons. The topological polar surface area (TPSA) is 100 Å². The molecule has 0 unspecified atom stereocenters. The minimum absolute atomic E-state index is 0.340. The Balaban J connectivity index is 3.51. The zero-order valence-corrected chi connectivity index (χ0v) is 7.24. The number of nitrogens with two attached hydrogens (primary N) is 1. The molecule has 0 amide bonds. The van der Waals surface area contributed by atoms with E-state index in [9.17, 15) is 13.6 Å². The van der Waals surface area contributed by atoms with E-state index in [1.807, 2.05) is 0 Å². The zero-order chi connectivity index (χ0) is 11.6. The van der Waals surface area contributed by atoms with E-state index in [1.54, 1.807) is 0 Å². The SMILES string of the molecule is N#Cc1cc(C(F)F)c(C(=O)O)c(N)n1. The maximum Gasteiger partial charge on any atom is 0.339 e. The normalized spacial score (nSPS) is 10.0. The number of nitrogens with zero attached hydrogens (tertiary/aromatic N) is 2. The summed E-state index contributed by atoms with van der Waals surface area (Å²) in [5.41, 5.74) is 3.26. The minimum Gasteiger partial charge on any atom is -0.478 e. The molecule has 0 atom stereocenters.